The van der Waals surface area contributed by atoms with Gasteiger partial charge in [-0.15, -0.1) is 11.3 Å². The molecule has 0 saturated carbocycles. The molecular formula is C15H18N2S. The van der Waals surface area contributed by atoms with Crippen molar-refractivity contribution in [2.45, 2.75) is 19.9 Å². The number of thiophene rings is 1. The summed E-state index contributed by atoms with van der Waals surface area (Å²) >= 11 is 1.77. The molecule has 1 heterocycles. The van der Waals surface area contributed by atoms with Gasteiger partial charge in [0.15, 0.2) is 0 Å². The Morgan fingerprint density at radius 3 is 2.39 bits per heavy atom. The van der Waals surface area contributed by atoms with Crippen LogP contribution in [0.5, 0.6) is 0 Å². The second-order valence-electron chi connectivity index (χ2n) is 4.33. The molecule has 0 fully saturated rings. The predicted molar refractivity (Wildman–Crippen MR) is 79.3 cm³/mol. The Balaban J connectivity index is 2.38. The molecule has 0 aliphatic rings. The van der Waals surface area contributed by atoms with E-state index in [4.69, 9.17) is 11.5 Å². The van der Waals surface area contributed by atoms with Crippen molar-refractivity contribution in [1.29, 1.82) is 0 Å². The van der Waals surface area contributed by atoms with Crippen LogP contribution in [0.2, 0.25) is 0 Å². The van der Waals surface area contributed by atoms with Gasteiger partial charge in [0.1, 0.15) is 0 Å². The zero-order valence-electron chi connectivity index (χ0n) is 10.7. The molecule has 0 radical (unpaired) electrons. The van der Waals surface area contributed by atoms with Gasteiger partial charge in [0.2, 0.25) is 0 Å². The van der Waals surface area contributed by atoms with Crippen molar-refractivity contribution in [2.75, 3.05) is 0 Å². The maximum Gasteiger partial charge on any atom is 0.0582 e. The van der Waals surface area contributed by atoms with Crippen LogP contribution >= 0.6 is 11.3 Å². The van der Waals surface area contributed by atoms with E-state index < -0.39 is 0 Å². The van der Waals surface area contributed by atoms with Crippen LogP contribution in [0.4, 0.5) is 0 Å². The Labute approximate surface area is 112 Å². The van der Waals surface area contributed by atoms with Crippen LogP contribution in [0.3, 0.4) is 0 Å². The van der Waals surface area contributed by atoms with Gasteiger partial charge in [-0.1, -0.05) is 30.3 Å². The molecule has 18 heavy (non-hydrogen) atoms. The second-order valence-corrected chi connectivity index (χ2v) is 5.79. The fourth-order valence-electron chi connectivity index (χ4n) is 2.14. The van der Waals surface area contributed by atoms with Crippen LogP contribution in [-0.2, 0) is 0 Å². The third-order valence-corrected chi connectivity index (χ3v) is 4.02. The number of benzene rings is 1. The summed E-state index contributed by atoms with van der Waals surface area (Å²) in [5.41, 5.74) is 15.3. The summed E-state index contributed by atoms with van der Waals surface area (Å²) in [4.78, 5) is 2.54. The lowest BCUT2D eigenvalue weighted by atomic mass is 9.94. The van der Waals surface area contributed by atoms with Crippen LogP contribution in [0.25, 0.3) is 5.57 Å². The van der Waals surface area contributed by atoms with Crippen LogP contribution in [-0.4, -0.2) is 0 Å². The van der Waals surface area contributed by atoms with E-state index in [9.17, 15) is 0 Å². The standard InChI is InChI=1S/C15H18N2S/c1-10-8-13(11(2)18-10)15(17)14(9-16)12-6-4-3-5-7-12/h3-9,15H,16-17H2,1-2H3/b14-9-. The molecule has 0 aliphatic heterocycles. The SMILES string of the molecule is Cc1cc(C(N)/C(=C\N)c2ccccc2)c(C)s1. The summed E-state index contributed by atoms with van der Waals surface area (Å²) in [5, 5.41) is 0. The van der Waals surface area contributed by atoms with Crippen molar-refractivity contribution in [3.8, 4) is 0 Å². The smallest absolute Gasteiger partial charge is 0.0582 e. The van der Waals surface area contributed by atoms with Crippen LogP contribution < -0.4 is 11.5 Å². The molecule has 0 amide bonds. The molecule has 2 rings (SSSR count). The molecule has 1 aromatic heterocycles. The lowest BCUT2D eigenvalue weighted by Gasteiger charge is -2.16. The van der Waals surface area contributed by atoms with Gasteiger partial charge in [-0.05, 0) is 42.8 Å². The highest BCUT2D eigenvalue weighted by molar-refractivity contribution is 7.12. The summed E-state index contributed by atoms with van der Waals surface area (Å²) < 4.78 is 0. The van der Waals surface area contributed by atoms with Gasteiger partial charge >= 0.3 is 0 Å². The first kappa shape index (κ1) is 12.9. The van der Waals surface area contributed by atoms with E-state index >= 15 is 0 Å². The molecule has 0 aliphatic carbocycles. The van der Waals surface area contributed by atoms with Crippen LogP contribution in [0.15, 0.2) is 42.6 Å². The number of hydrogen-bond acceptors (Lipinski definition) is 3. The Morgan fingerprint density at radius 1 is 1.22 bits per heavy atom. The normalized spacial score (nSPS) is 13.6. The molecule has 1 atom stereocenters. The first-order chi connectivity index (χ1) is 8.63. The minimum Gasteiger partial charge on any atom is -0.404 e. The van der Waals surface area contributed by atoms with Gasteiger partial charge in [-0.3, -0.25) is 0 Å². The Hall–Kier alpha value is -1.58. The molecular weight excluding hydrogens is 240 g/mol. The lowest BCUT2D eigenvalue weighted by molar-refractivity contribution is 0.926. The molecule has 2 aromatic rings. The summed E-state index contributed by atoms with van der Waals surface area (Å²) in [7, 11) is 0. The van der Waals surface area contributed by atoms with Crippen LogP contribution in [0.1, 0.15) is 26.9 Å². The average molecular weight is 258 g/mol. The molecule has 94 valence electrons. The van der Waals surface area contributed by atoms with E-state index in [0.29, 0.717) is 0 Å². The summed E-state index contributed by atoms with van der Waals surface area (Å²) in [5.74, 6) is 0. The van der Waals surface area contributed by atoms with E-state index in [-0.39, 0.29) is 6.04 Å². The zero-order chi connectivity index (χ0) is 13.1. The third-order valence-electron chi connectivity index (χ3n) is 3.04. The maximum atomic E-state index is 6.35. The second kappa shape index (κ2) is 5.38. The largest absolute Gasteiger partial charge is 0.404 e. The van der Waals surface area contributed by atoms with Gasteiger partial charge in [-0.2, -0.15) is 0 Å². The molecule has 4 N–H and O–H groups in total. The van der Waals surface area contributed by atoms with Gasteiger partial charge in [0.25, 0.3) is 0 Å². The first-order valence-corrected chi connectivity index (χ1v) is 6.75. The molecule has 1 unspecified atom stereocenters. The highest BCUT2D eigenvalue weighted by Gasteiger charge is 2.17. The van der Waals surface area contributed by atoms with Crippen molar-refractivity contribution < 1.29 is 0 Å². The van der Waals surface area contributed by atoms with Gasteiger partial charge in [0.05, 0.1) is 6.04 Å². The zero-order valence-corrected chi connectivity index (χ0v) is 11.5. The van der Waals surface area contributed by atoms with E-state index in [2.05, 4.69) is 19.9 Å². The Bertz CT molecular complexity index is 555. The van der Waals surface area contributed by atoms with Gasteiger partial charge in [0, 0.05) is 9.75 Å². The number of nitrogens with two attached hydrogens (primary N) is 2. The predicted octanol–water partition coefficient (Wildman–Crippen LogP) is 3.36. The monoisotopic (exact) mass is 258 g/mol. The van der Waals surface area contributed by atoms with E-state index in [1.807, 2.05) is 30.3 Å². The van der Waals surface area contributed by atoms with E-state index in [1.54, 1.807) is 17.5 Å². The van der Waals surface area contributed by atoms with Gasteiger partial charge < -0.3 is 11.5 Å². The fraction of sp³-hybridized carbons (Fsp3) is 0.200. The summed E-state index contributed by atoms with van der Waals surface area (Å²) in [6, 6.07) is 12.0. The molecule has 3 heteroatoms. The number of rotatable bonds is 3. The van der Waals surface area contributed by atoms with Gasteiger partial charge in [-0.25, -0.2) is 0 Å². The minimum absolute atomic E-state index is 0.164. The molecule has 2 nitrogen and oxygen atoms in total. The highest BCUT2D eigenvalue weighted by atomic mass is 32.1. The molecule has 0 spiro atoms. The Kier molecular flexibility index (Phi) is 3.84. The van der Waals surface area contributed by atoms with Crippen molar-refractivity contribution in [1.82, 2.24) is 0 Å². The quantitative estimate of drug-likeness (QED) is 0.887. The first-order valence-electron chi connectivity index (χ1n) is 5.93. The molecule has 1 aromatic carbocycles. The third kappa shape index (κ3) is 2.47. The number of aryl methyl sites for hydroxylation is 2. The molecule has 0 bridgehead atoms. The van der Waals surface area contributed by atoms with Crippen molar-refractivity contribution in [2.24, 2.45) is 11.5 Å². The minimum atomic E-state index is -0.164. The lowest BCUT2D eigenvalue weighted by Crippen LogP contribution is -2.14. The van der Waals surface area contributed by atoms with Crippen molar-refractivity contribution in [3.63, 3.8) is 0 Å². The molecule has 0 saturated heterocycles. The topological polar surface area (TPSA) is 52.0 Å². The highest BCUT2D eigenvalue weighted by Crippen LogP contribution is 2.32. The summed E-state index contributed by atoms with van der Waals surface area (Å²) in [6.45, 7) is 4.20. The van der Waals surface area contributed by atoms with E-state index in [1.165, 1.54) is 9.75 Å². The fourth-order valence-corrected chi connectivity index (χ4v) is 3.11. The van der Waals surface area contributed by atoms with Crippen molar-refractivity contribution in [3.05, 3.63) is 63.5 Å². The number of hydrogen-bond donors (Lipinski definition) is 2. The van der Waals surface area contributed by atoms with Crippen LogP contribution in [0, 0.1) is 13.8 Å². The van der Waals surface area contributed by atoms with Crippen molar-refractivity contribution >= 4 is 16.9 Å². The van der Waals surface area contributed by atoms with E-state index in [0.717, 1.165) is 16.7 Å². The average Bonchev–Trinajstić information content (AvgIpc) is 2.70. The summed E-state index contributed by atoms with van der Waals surface area (Å²) in [6.07, 6.45) is 1.62. The maximum absolute atomic E-state index is 6.35. The Morgan fingerprint density at radius 2 is 1.89 bits per heavy atom.